The second-order valence-corrected chi connectivity index (χ2v) is 6.00. The van der Waals surface area contributed by atoms with Crippen LogP contribution in [0.25, 0.3) is 0 Å². The van der Waals surface area contributed by atoms with Crippen molar-refractivity contribution in [2.75, 3.05) is 21.3 Å². The van der Waals surface area contributed by atoms with Gasteiger partial charge in [0.2, 0.25) is 0 Å². The monoisotopic (exact) mass is 303 g/mol. The Hall–Kier alpha value is -2.01. The summed E-state index contributed by atoms with van der Waals surface area (Å²) in [7, 11) is 5.04. The van der Waals surface area contributed by atoms with Gasteiger partial charge in [0.15, 0.2) is 11.5 Å². The van der Waals surface area contributed by atoms with Crippen LogP contribution in [-0.4, -0.2) is 32.1 Å². The van der Waals surface area contributed by atoms with E-state index in [9.17, 15) is 4.79 Å². The fourth-order valence-corrected chi connectivity index (χ4v) is 3.61. The highest BCUT2D eigenvalue weighted by Gasteiger charge is 2.32. The summed E-state index contributed by atoms with van der Waals surface area (Å²) in [5, 5.41) is 2.04. The van der Waals surface area contributed by atoms with Crippen LogP contribution >= 0.6 is 11.3 Å². The molecule has 1 aromatic carbocycles. The third-order valence-electron chi connectivity index (χ3n) is 3.91. The minimum Gasteiger partial charge on any atom is -0.493 e. The first-order valence-corrected chi connectivity index (χ1v) is 7.59. The van der Waals surface area contributed by atoms with E-state index in [1.165, 1.54) is 4.88 Å². The largest absolute Gasteiger partial charge is 0.493 e. The van der Waals surface area contributed by atoms with Crippen molar-refractivity contribution < 1.29 is 14.3 Å². The molecule has 0 saturated carbocycles. The maximum absolute atomic E-state index is 12.6. The van der Waals surface area contributed by atoms with Crippen LogP contribution in [0.1, 0.15) is 26.8 Å². The van der Waals surface area contributed by atoms with Crippen molar-refractivity contribution in [1.29, 1.82) is 0 Å². The average molecular weight is 303 g/mol. The molecule has 0 bridgehead atoms. The minimum absolute atomic E-state index is 0.0237. The summed E-state index contributed by atoms with van der Waals surface area (Å²) in [5.41, 5.74) is 1.71. The number of hydrogen-bond acceptors (Lipinski definition) is 4. The van der Waals surface area contributed by atoms with Gasteiger partial charge in [-0.1, -0.05) is 6.07 Å². The Bertz CT molecular complexity index is 666. The lowest BCUT2D eigenvalue weighted by atomic mass is 9.92. The van der Waals surface area contributed by atoms with Crippen molar-refractivity contribution in [2.45, 2.75) is 12.5 Å². The van der Waals surface area contributed by atoms with Gasteiger partial charge in [0, 0.05) is 17.5 Å². The van der Waals surface area contributed by atoms with Crippen LogP contribution in [0.2, 0.25) is 0 Å². The molecule has 1 atom stereocenters. The number of ether oxygens (including phenoxy) is 2. The zero-order valence-electron chi connectivity index (χ0n) is 12.3. The molecule has 3 rings (SSSR count). The molecule has 1 aromatic heterocycles. The first kappa shape index (κ1) is 13.9. The summed E-state index contributed by atoms with van der Waals surface area (Å²) < 4.78 is 10.6. The zero-order valence-corrected chi connectivity index (χ0v) is 13.1. The molecule has 1 aliphatic rings. The second-order valence-electron chi connectivity index (χ2n) is 5.02. The van der Waals surface area contributed by atoms with E-state index in [-0.39, 0.29) is 11.9 Å². The Labute approximate surface area is 127 Å². The lowest BCUT2D eigenvalue weighted by Crippen LogP contribution is -2.37. The van der Waals surface area contributed by atoms with Gasteiger partial charge in [-0.3, -0.25) is 4.79 Å². The molecule has 4 nitrogen and oxygen atoms in total. The lowest BCUT2D eigenvalue weighted by molar-refractivity contribution is 0.0707. The Morgan fingerprint density at radius 2 is 1.95 bits per heavy atom. The molecule has 1 unspecified atom stereocenters. The molecule has 2 heterocycles. The van der Waals surface area contributed by atoms with Crippen molar-refractivity contribution in [1.82, 2.24) is 4.90 Å². The molecule has 0 radical (unpaired) electrons. The smallest absolute Gasteiger partial charge is 0.254 e. The van der Waals surface area contributed by atoms with Gasteiger partial charge < -0.3 is 14.4 Å². The molecular weight excluding hydrogens is 286 g/mol. The minimum atomic E-state index is 0.0237. The third-order valence-corrected chi connectivity index (χ3v) is 4.89. The van der Waals surface area contributed by atoms with Gasteiger partial charge in [-0.05, 0) is 35.6 Å². The number of likely N-dealkylation sites (N-methyl/N-ethyl adjacent to an activating group) is 1. The van der Waals surface area contributed by atoms with Gasteiger partial charge >= 0.3 is 0 Å². The lowest BCUT2D eigenvalue weighted by Gasteiger charge is -2.33. The number of thiophene rings is 1. The van der Waals surface area contributed by atoms with E-state index >= 15 is 0 Å². The van der Waals surface area contributed by atoms with Gasteiger partial charge in [-0.2, -0.15) is 0 Å². The van der Waals surface area contributed by atoms with Gasteiger partial charge in [-0.15, -0.1) is 11.3 Å². The van der Waals surface area contributed by atoms with Crippen LogP contribution in [0.15, 0.2) is 29.6 Å². The van der Waals surface area contributed by atoms with E-state index < -0.39 is 0 Å². The molecule has 0 saturated heterocycles. The quantitative estimate of drug-likeness (QED) is 0.874. The van der Waals surface area contributed by atoms with Gasteiger partial charge in [0.1, 0.15) is 0 Å². The topological polar surface area (TPSA) is 38.8 Å². The van der Waals surface area contributed by atoms with Gasteiger partial charge in [0.05, 0.1) is 20.3 Å². The first-order valence-electron chi connectivity index (χ1n) is 6.71. The van der Waals surface area contributed by atoms with E-state index in [1.807, 2.05) is 24.6 Å². The molecular formula is C16H17NO3S. The number of amides is 1. The fourth-order valence-electron chi connectivity index (χ4n) is 2.74. The Morgan fingerprint density at radius 1 is 1.24 bits per heavy atom. The molecule has 1 amide bonds. The number of carbonyl (C=O) groups excluding carboxylic acids is 1. The highest BCUT2D eigenvalue weighted by Crippen LogP contribution is 2.39. The van der Waals surface area contributed by atoms with Crippen molar-refractivity contribution in [3.8, 4) is 11.5 Å². The van der Waals surface area contributed by atoms with Crippen LogP contribution in [0.5, 0.6) is 11.5 Å². The molecule has 1 aliphatic heterocycles. The molecule has 0 N–H and O–H groups in total. The molecule has 0 fully saturated rings. The number of methoxy groups -OCH3 is 2. The second kappa shape index (κ2) is 5.41. The van der Waals surface area contributed by atoms with Gasteiger partial charge in [-0.25, -0.2) is 0 Å². The molecule has 0 aliphatic carbocycles. The van der Waals surface area contributed by atoms with Crippen LogP contribution < -0.4 is 9.47 Å². The Balaban J connectivity index is 2.07. The van der Waals surface area contributed by atoms with E-state index in [0.29, 0.717) is 17.1 Å². The average Bonchev–Trinajstić information content (AvgIpc) is 3.03. The third kappa shape index (κ3) is 2.27. The Kier molecular flexibility index (Phi) is 3.59. The summed E-state index contributed by atoms with van der Waals surface area (Å²) in [5.74, 6) is 1.28. The molecule has 2 aromatic rings. The standard InChI is InChI=1S/C16H17NO3S/c1-17-12(15-5-4-6-21-15)7-10-8-13(19-2)14(20-3)9-11(10)16(17)18/h4-6,8-9,12H,7H2,1-3H3. The van der Waals surface area contributed by atoms with Crippen molar-refractivity contribution >= 4 is 17.2 Å². The van der Waals surface area contributed by atoms with Crippen molar-refractivity contribution in [3.63, 3.8) is 0 Å². The summed E-state index contributed by atoms with van der Waals surface area (Å²) in [4.78, 5) is 15.6. The predicted octanol–water partition coefficient (Wildman–Crippen LogP) is 3.13. The normalized spacial score (nSPS) is 17.6. The molecule has 21 heavy (non-hydrogen) atoms. The highest BCUT2D eigenvalue weighted by atomic mass is 32.1. The van der Waals surface area contributed by atoms with Crippen LogP contribution in [-0.2, 0) is 6.42 Å². The first-order chi connectivity index (χ1) is 10.2. The van der Waals surface area contributed by atoms with E-state index in [1.54, 1.807) is 36.5 Å². The summed E-state index contributed by atoms with van der Waals surface area (Å²) in [6, 6.07) is 7.87. The number of rotatable bonds is 3. The number of carbonyl (C=O) groups is 1. The highest BCUT2D eigenvalue weighted by molar-refractivity contribution is 7.10. The van der Waals surface area contributed by atoms with Crippen molar-refractivity contribution in [2.24, 2.45) is 0 Å². The molecule has 110 valence electrons. The summed E-state index contributed by atoms with van der Waals surface area (Å²) >= 11 is 1.68. The predicted molar refractivity (Wildman–Crippen MR) is 82.4 cm³/mol. The van der Waals surface area contributed by atoms with Crippen molar-refractivity contribution in [3.05, 3.63) is 45.6 Å². The van der Waals surface area contributed by atoms with E-state index in [0.717, 1.165) is 12.0 Å². The number of fused-ring (bicyclic) bond motifs is 1. The number of benzene rings is 1. The zero-order chi connectivity index (χ0) is 15.0. The summed E-state index contributed by atoms with van der Waals surface area (Å²) in [6.07, 6.45) is 0.790. The van der Waals surface area contributed by atoms with E-state index in [4.69, 9.17) is 9.47 Å². The molecule has 0 spiro atoms. The molecule has 5 heteroatoms. The van der Waals surface area contributed by atoms with E-state index in [2.05, 4.69) is 6.07 Å². The van der Waals surface area contributed by atoms with Crippen LogP contribution in [0, 0.1) is 0 Å². The van der Waals surface area contributed by atoms with Gasteiger partial charge in [0.25, 0.3) is 5.91 Å². The SMILES string of the molecule is COc1cc2c(cc1OC)C(=O)N(C)C(c1cccs1)C2. The summed E-state index contributed by atoms with van der Waals surface area (Å²) in [6.45, 7) is 0. The maximum atomic E-state index is 12.6. The Morgan fingerprint density at radius 3 is 2.57 bits per heavy atom. The number of hydrogen-bond donors (Lipinski definition) is 0. The number of nitrogens with zero attached hydrogens (tertiary/aromatic N) is 1. The maximum Gasteiger partial charge on any atom is 0.254 e. The van der Waals surface area contributed by atoms with Crippen LogP contribution in [0.4, 0.5) is 0 Å². The van der Waals surface area contributed by atoms with Crippen LogP contribution in [0.3, 0.4) is 0 Å². The fraction of sp³-hybridized carbons (Fsp3) is 0.312.